The van der Waals surface area contributed by atoms with Crippen molar-refractivity contribution in [3.8, 4) is 5.75 Å². The fourth-order valence-electron chi connectivity index (χ4n) is 3.68. The SMILES string of the molecule is CC1(C)Oc2ccccc2[C@H]2O[C@@H](c3ccc(F)cc3)C[C@@H]21. The van der Waals surface area contributed by atoms with Crippen LogP contribution in [0.2, 0.25) is 0 Å². The molecule has 0 N–H and O–H groups in total. The van der Waals surface area contributed by atoms with Gasteiger partial charge in [-0.1, -0.05) is 30.3 Å². The Morgan fingerprint density at radius 2 is 1.77 bits per heavy atom. The highest BCUT2D eigenvalue weighted by atomic mass is 19.1. The summed E-state index contributed by atoms with van der Waals surface area (Å²) in [6.07, 6.45) is 0.914. The van der Waals surface area contributed by atoms with Crippen molar-refractivity contribution in [1.82, 2.24) is 0 Å². The summed E-state index contributed by atoms with van der Waals surface area (Å²) in [5, 5.41) is 0. The van der Waals surface area contributed by atoms with Crippen molar-refractivity contribution in [1.29, 1.82) is 0 Å². The van der Waals surface area contributed by atoms with Gasteiger partial charge in [0.2, 0.25) is 0 Å². The molecule has 3 atom stereocenters. The lowest BCUT2D eigenvalue weighted by Crippen LogP contribution is -2.42. The molecule has 22 heavy (non-hydrogen) atoms. The van der Waals surface area contributed by atoms with E-state index in [-0.39, 0.29) is 29.5 Å². The van der Waals surface area contributed by atoms with Gasteiger partial charge in [-0.05, 0) is 44.0 Å². The Bertz CT molecular complexity index is 693. The summed E-state index contributed by atoms with van der Waals surface area (Å²) in [5.74, 6) is 0.985. The van der Waals surface area contributed by atoms with E-state index in [0.717, 1.165) is 23.3 Å². The summed E-state index contributed by atoms with van der Waals surface area (Å²) in [6, 6.07) is 14.7. The Balaban J connectivity index is 1.70. The van der Waals surface area contributed by atoms with Crippen LogP contribution < -0.4 is 4.74 Å². The highest BCUT2D eigenvalue weighted by molar-refractivity contribution is 5.40. The Kier molecular flexibility index (Phi) is 3.01. The van der Waals surface area contributed by atoms with Crippen LogP contribution in [0.1, 0.15) is 43.6 Å². The second-order valence-corrected chi connectivity index (χ2v) is 6.68. The van der Waals surface area contributed by atoms with Crippen LogP contribution in [0.5, 0.6) is 5.75 Å². The van der Waals surface area contributed by atoms with Crippen LogP contribution in [-0.4, -0.2) is 5.60 Å². The lowest BCUT2D eigenvalue weighted by Gasteiger charge is -2.40. The molecule has 2 aromatic rings. The van der Waals surface area contributed by atoms with E-state index >= 15 is 0 Å². The first-order valence-electron chi connectivity index (χ1n) is 7.73. The molecule has 0 saturated carbocycles. The molecule has 0 amide bonds. The number of fused-ring (bicyclic) bond motifs is 3. The average Bonchev–Trinajstić information content (AvgIpc) is 2.94. The second kappa shape index (κ2) is 4.82. The van der Waals surface area contributed by atoms with Crippen LogP contribution in [0.3, 0.4) is 0 Å². The van der Waals surface area contributed by atoms with Gasteiger partial charge in [0.05, 0.1) is 12.2 Å². The molecule has 3 heteroatoms. The third-order valence-electron chi connectivity index (χ3n) is 4.88. The number of benzene rings is 2. The van der Waals surface area contributed by atoms with Crippen molar-refractivity contribution in [2.45, 2.75) is 38.1 Å². The van der Waals surface area contributed by atoms with Gasteiger partial charge in [-0.3, -0.25) is 0 Å². The lowest BCUT2D eigenvalue weighted by molar-refractivity contribution is -0.0421. The zero-order valence-electron chi connectivity index (χ0n) is 12.8. The summed E-state index contributed by atoms with van der Waals surface area (Å²) in [7, 11) is 0. The van der Waals surface area contributed by atoms with E-state index in [0.29, 0.717) is 0 Å². The summed E-state index contributed by atoms with van der Waals surface area (Å²) in [4.78, 5) is 0. The highest BCUT2D eigenvalue weighted by Gasteiger charge is 2.50. The largest absolute Gasteiger partial charge is 0.487 e. The summed E-state index contributed by atoms with van der Waals surface area (Å²) in [6.45, 7) is 4.24. The number of hydrogen-bond acceptors (Lipinski definition) is 2. The first-order valence-corrected chi connectivity index (χ1v) is 7.73. The predicted molar refractivity (Wildman–Crippen MR) is 82.2 cm³/mol. The van der Waals surface area contributed by atoms with Crippen molar-refractivity contribution < 1.29 is 13.9 Å². The van der Waals surface area contributed by atoms with Gasteiger partial charge in [-0.2, -0.15) is 0 Å². The van der Waals surface area contributed by atoms with Gasteiger partial charge in [0.25, 0.3) is 0 Å². The first kappa shape index (κ1) is 13.8. The van der Waals surface area contributed by atoms with Crippen molar-refractivity contribution in [2.24, 2.45) is 5.92 Å². The molecule has 4 rings (SSSR count). The number of para-hydroxylation sites is 1. The number of halogens is 1. The highest BCUT2D eigenvalue weighted by Crippen LogP contribution is 2.55. The fraction of sp³-hybridized carbons (Fsp3) is 0.368. The Labute approximate surface area is 129 Å². The Morgan fingerprint density at radius 1 is 1.05 bits per heavy atom. The van der Waals surface area contributed by atoms with E-state index < -0.39 is 0 Å². The molecule has 1 fully saturated rings. The van der Waals surface area contributed by atoms with Gasteiger partial charge in [0.1, 0.15) is 17.2 Å². The molecular weight excluding hydrogens is 279 g/mol. The molecule has 0 aliphatic carbocycles. The quantitative estimate of drug-likeness (QED) is 0.751. The Morgan fingerprint density at radius 3 is 2.55 bits per heavy atom. The topological polar surface area (TPSA) is 18.5 Å². The first-order chi connectivity index (χ1) is 10.5. The third kappa shape index (κ3) is 2.12. The van der Waals surface area contributed by atoms with Crippen LogP contribution in [0, 0.1) is 11.7 Å². The molecule has 2 aromatic carbocycles. The van der Waals surface area contributed by atoms with Crippen LogP contribution in [0.25, 0.3) is 0 Å². The van der Waals surface area contributed by atoms with Crippen LogP contribution in [0.4, 0.5) is 4.39 Å². The molecule has 2 aliphatic rings. The molecule has 0 radical (unpaired) electrons. The summed E-state index contributed by atoms with van der Waals surface area (Å²) in [5.41, 5.74) is 1.88. The van der Waals surface area contributed by atoms with E-state index in [1.54, 1.807) is 0 Å². The van der Waals surface area contributed by atoms with E-state index in [1.165, 1.54) is 12.1 Å². The van der Waals surface area contributed by atoms with E-state index in [2.05, 4.69) is 19.9 Å². The normalized spacial score (nSPS) is 28.6. The van der Waals surface area contributed by atoms with Gasteiger partial charge >= 0.3 is 0 Å². The van der Waals surface area contributed by atoms with E-state index in [9.17, 15) is 4.39 Å². The number of rotatable bonds is 1. The maximum atomic E-state index is 13.1. The molecule has 2 aliphatic heterocycles. The van der Waals surface area contributed by atoms with Crippen molar-refractivity contribution in [2.75, 3.05) is 0 Å². The molecular formula is C19H19FO2. The van der Waals surface area contributed by atoms with Crippen LogP contribution in [-0.2, 0) is 4.74 Å². The standard InChI is InChI=1S/C19H19FO2/c1-19(2)15-11-17(12-7-9-13(20)10-8-12)21-18(15)14-5-3-4-6-16(14)22-19/h3-10,15,17-18H,11H2,1-2H3/t15-,17+,18+/m0/s1. The van der Waals surface area contributed by atoms with Crippen molar-refractivity contribution in [3.05, 3.63) is 65.5 Å². The Hall–Kier alpha value is -1.87. The number of hydrogen-bond donors (Lipinski definition) is 0. The fourth-order valence-corrected chi connectivity index (χ4v) is 3.68. The van der Waals surface area contributed by atoms with Crippen molar-refractivity contribution in [3.63, 3.8) is 0 Å². The minimum atomic E-state index is -0.270. The lowest BCUT2D eigenvalue weighted by atomic mass is 9.78. The minimum Gasteiger partial charge on any atom is -0.487 e. The number of ether oxygens (including phenoxy) is 2. The minimum absolute atomic E-state index is 0.00960. The second-order valence-electron chi connectivity index (χ2n) is 6.68. The molecule has 0 spiro atoms. The third-order valence-corrected chi connectivity index (χ3v) is 4.88. The zero-order chi connectivity index (χ0) is 15.3. The zero-order valence-corrected chi connectivity index (χ0v) is 12.8. The molecule has 1 saturated heterocycles. The van der Waals surface area contributed by atoms with Crippen LogP contribution >= 0.6 is 0 Å². The molecule has 0 aromatic heterocycles. The molecule has 2 nitrogen and oxygen atoms in total. The molecule has 0 unspecified atom stereocenters. The van der Waals surface area contributed by atoms with E-state index in [1.807, 2.05) is 30.3 Å². The molecule has 2 heterocycles. The van der Waals surface area contributed by atoms with Crippen molar-refractivity contribution >= 4 is 0 Å². The van der Waals surface area contributed by atoms with Gasteiger partial charge in [0.15, 0.2) is 0 Å². The average molecular weight is 298 g/mol. The molecule has 0 bridgehead atoms. The monoisotopic (exact) mass is 298 g/mol. The van der Waals surface area contributed by atoms with Gasteiger partial charge in [0, 0.05) is 11.5 Å². The predicted octanol–water partition coefficient (Wildman–Crippen LogP) is 4.82. The van der Waals surface area contributed by atoms with Gasteiger partial charge < -0.3 is 9.47 Å². The van der Waals surface area contributed by atoms with Gasteiger partial charge in [-0.25, -0.2) is 4.39 Å². The maximum absolute atomic E-state index is 13.1. The van der Waals surface area contributed by atoms with Crippen LogP contribution in [0.15, 0.2) is 48.5 Å². The van der Waals surface area contributed by atoms with E-state index in [4.69, 9.17) is 9.47 Å². The maximum Gasteiger partial charge on any atom is 0.125 e. The smallest absolute Gasteiger partial charge is 0.125 e. The van der Waals surface area contributed by atoms with Gasteiger partial charge in [-0.15, -0.1) is 0 Å². The summed E-state index contributed by atoms with van der Waals surface area (Å²) >= 11 is 0. The summed E-state index contributed by atoms with van der Waals surface area (Å²) < 4.78 is 25.7. The molecule has 114 valence electrons.